The van der Waals surface area contributed by atoms with Gasteiger partial charge in [0, 0.05) is 15.8 Å². The maximum atomic E-state index is 5.16. The molecule has 0 bridgehead atoms. The van der Waals surface area contributed by atoms with Crippen LogP contribution in [0.15, 0.2) is 14.3 Å². The van der Waals surface area contributed by atoms with Crippen LogP contribution in [0.3, 0.4) is 0 Å². The molecule has 0 nitrogen and oxygen atoms in total. The van der Waals surface area contributed by atoms with E-state index in [-0.39, 0.29) is 0 Å². The number of hydrogen-bond acceptors (Lipinski definition) is 1. The standard InChI is InChI=1S/C7H4Br2S/c1-2-3-6-5(8)4-7(9)10-6/h1,4H,3H2. The number of thiophene rings is 1. The second-order valence-electron chi connectivity index (χ2n) is 1.70. The lowest BCUT2D eigenvalue weighted by Crippen LogP contribution is -1.71. The minimum absolute atomic E-state index is 0.705. The zero-order valence-corrected chi connectivity index (χ0v) is 9.01. The summed E-state index contributed by atoms with van der Waals surface area (Å²) in [5, 5.41) is 0. The van der Waals surface area contributed by atoms with E-state index in [1.807, 2.05) is 6.07 Å². The highest BCUT2D eigenvalue weighted by molar-refractivity contribution is 9.11. The Labute approximate surface area is 80.9 Å². The molecule has 0 atom stereocenters. The molecule has 1 heterocycles. The van der Waals surface area contributed by atoms with Gasteiger partial charge in [0.2, 0.25) is 0 Å². The molecule has 0 aliphatic carbocycles. The third-order valence-corrected chi connectivity index (χ3v) is 3.60. The summed E-state index contributed by atoms with van der Waals surface area (Å²) in [6.07, 6.45) is 5.86. The molecule has 0 aliphatic heterocycles. The molecule has 0 aliphatic rings. The lowest BCUT2D eigenvalue weighted by atomic mass is 10.4. The van der Waals surface area contributed by atoms with E-state index in [2.05, 4.69) is 37.8 Å². The maximum Gasteiger partial charge on any atom is 0.0713 e. The smallest absolute Gasteiger partial charge is 0.0713 e. The molecule has 0 unspecified atom stereocenters. The highest BCUT2D eigenvalue weighted by Crippen LogP contribution is 2.31. The Balaban J connectivity index is 2.94. The molecule has 1 aromatic rings. The fraction of sp³-hybridized carbons (Fsp3) is 0.143. The molecule has 1 aromatic heterocycles. The average Bonchev–Trinajstić information content (AvgIpc) is 2.13. The van der Waals surface area contributed by atoms with Gasteiger partial charge in [-0.3, -0.25) is 0 Å². The molecule has 10 heavy (non-hydrogen) atoms. The molecule has 0 aromatic carbocycles. The first-order valence-corrected chi connectivity index (χ1v) is 5.01. The van der Waals surface area contributed by atoms with Crippen molar-refractivity contribution in [1.82, 2.24) is 0 Å². The van der Waals surface area contributed by atoms with Gasteiger partial charge in [-0.2, -0.15) is 0 Å². The minimum atomic E-state index is 0.705. The zero-order chi connectivity index (χ0) is 7.56. The third-order valence-electron chi connectivity index (χ3n) is 0.990. The Morgan fingerprint density at radius 3 is 2.70 bits per heavy atom. The van der Waals surface area contributed by atoms with Crippen LogP contribution in [-0.4, -0.2) is 0 Å². The largest absolute Gasteiger partial charge is 0.131 e. The molecule has 0 N–H and O–H groups in total. The van der Waals surface area contributed by atoms with E-state index in [0.717, 1.165) is 8.26 Å². The van der Waals surface area contributed by atoms with E-state index >= 15 is 0 Å². The quantitative estimate of drug-likeness (QED) is 0.691. The molecule has 0 spiro atoms. The van der Waals surface area contributed by atoms with Crippen molar-refractivity contribution >= 4 is 43.2 Å². The summed E-state index contributed by atoms with van der Waals surface area (Å²) in [6, 6.07) is 2.01. The van der Waals surface area contributed by atoms with Crippen LogP contribution in [0, 0.1) is 12.3 Å². The van der Waals surface area contributed by atoms with Crippen LogP contribution in [0.2, 0.25) is 0 Å². The predicted molar refractivity (Wildman–Crippen MR) is 52.3 cm³/mol. The summed E-state index contributed by atoms with van der Waals surface area (Å²) < 4.78 is 2.21. The summed E-state index contributed by atoms with van der Waals surface area (Å²) >= 11 is 8.44. The van der Waals surface area contributed by atoms with Crippen LogP contribution in [0.5, 0.6) is 0 Å². The van der Waals surface area contributed by atoms with Gasteiger partial charge in [0.1, 0.15) is 0 Å². The zero-order valence-electron chi connectivity index (χ0n) is 5.03. The Bertz CT molecular complexity index is 270. The number of hydrogen-bond donors (Lipinski definition) is 0. The van der Waals surface area contributed by atoms with Crippen LogP contribution in [0.25, 0.3) is 0 Å². The summed E-state index contributed by atoms with van der Waals surface area (Å²) in [4.78, 5) is 1.20. The maximum absolute atomic E-state index is 5.16. The van der Waals surface area contributed by atoms with Crippen molar-refractivity contribution in [3.63, 3.8) is 0 Å². The van der Waals surface area contributed by atoms with Gasteiger partial charge in [-0.25, -0.2) is 0 Å². The van der Waals surface area contributed by atoms with E-state index in [0.29, 0.717) is 6.42 Å². The molecule has 0 saturated carbocycles. The Morgan fingerprint density at radius 1 is 1.60 bits per heavy atom. The monoisotopic (exact) mass is 278 g/mol. The first-order valence-electron chi connectivity index (χ1n) is 2.61. The second kappa shape index (κ2) is 3.56. The summed E-state index contributed by atoms with van der Waals surface area (Å²) in [5.41, 5.74) is 0. The van der Waals surface area contributed by atoms with Crippen LogP contribution in [0.1, 0.15) is 4.88 Å². The third kappa shape index (κ3) is 1.85. The van der Waals surface area contributed by atoms with Crippen LogP contribution < -0.4 is 0 Å². The normalized spacial score (nSPS) is 9.30. The van der Waals surface area contributed by atoms with Gasteiger partial charge in [-0.05, 0) is 37.9 Å². The summed E-state index contributed by atoms with van der Waals surface area (Å²) in [7, 11) is 0. The SMILES string of the molecule is C#CCc1sc(Br)cc1Br. The highest BCUT2D eigenvalue weighted by atomic mass is 79.9. The van der Waals surface area contributed by atoms with Crippen molar-refractivity contribution in [3.8, 4) is 12.3 Å². The summed E-state index contributed by atoms with van der Waals surface area (Å²) in [5.74, 6) is 2.60. The van der Waals surface area contributed by atoms with Gasteiger partial charge in [0.25, 0.3) is 0 Å². The van der Waals surface area contributed by atoms with E-state index < -0.39 is 0 Å². The van der Waals surface area contributed by atoms with Crippen molar-refractivity contribution < 1.29 is 0 Å². The lowest BCUT2D eigenvalue weighted by molar-refractivity contribution is 1.39. The topological polar surface area (TPSA) is 0 Å². The first kappa shape index (κ1) is 8.32. The number of rotatable bonds is 1. The molecule has 3 heteroatoms. The van der Waals surface area contributed by atoms with Gasteiger partial charge in [0.05, 0.1) is 3.79 Å². The van der Waals surface area contributed by atoms with E-state index in [9.17, 15) is 0 Å². The van der Waals surface area contributed by atoms with E-state index in [1.165, 1.54) is 4.88 Å². The Hall–Kier alpha value is 0.220. The first-order chi connectivity index (χ1) is 4.74. The average molecular weight is 280 g/mol. The fourth-order valence-electron chi connectivity index (χ4n) is 0.589. The van der Waals surface area contributed by atoms with Gasteiger partial charge >= 0.3 is 0 Å². The van der Waals surface area contributed by atoms with E-state index in [4.69, 9.17) is 6.42 Å². The van der Waals surface area contributed by atoms with Crippen LogP contribution in [0.4, 0.5) is 0 Å². The van der Waals surface area contributed by atoms with Crippen LogP contribution >= 0.6 is 43.2 Å². The molecule has 0 fully saturated rings. The van der Waals surface area contributed by atoms with E-state index in [1.54, 1.807) is 11.3 Å². The predicted octanol–water partition coefficient (Wildman–Crippen LogP) is 3.45. The van der Waals surface area contributed by atoms with Crippen molar-refractivity contribution in [1.29, 1.82) is 0 Å². The van der Waals surface area contributed by atoms with Gasteiger partial charge in [-0.15, -0.1) is 23.7 Å². The van der Waals surface area contributed by atoms with Gasteiger partial charge in [0.15, 0.2) is 0 Å². The fourth-order valence-corrected chi connectivity index (χ4v) is 3.20. The second-order valence-corrected chi connectivity index (χ2v) is 5.07. The van der Waals surface area contributed by atoms with Crippen molar-refractivity contribution in [2.45, 2.75) is 6.42 Å². The Morgan fingerprint density at radius 2 is 2.30 bits per heavy atom. The van der Waals surface area contributed by atoms with Crippen molar-refractivity contribution in [3.05, 3.63) is 19.2 Å². The lowest BCUT2D eigenvalue weighted by Gasteiger charge is -1.85. The molecule has 0 radical (unpaired) electrons. The highest BCUT2D eigenvalue weighted by Gasteiger charge is 2.02. The molecule has 52 valence electrons. The summed E-state index contributed by atoms with van der Waals surface area (Å²) in [6.45, 7) is 0. The number of terminal acetylenes is 1. The Kier molecular flexibility index (Phi) is 2.96. The van der Waals surface area contributed by atoms with Crippen molar-refractivity contribution in [2.24, 2.45) is 0 Å². The minimum Gasteiger partial charge on any atom is -0.131 e. The van der Waals surface area contributed by atoms with Crippen LogP contribution in [-0.2, 0) is 6.42 Å². The molecular formula is C7H4Br2S. The van der Waals surface area contributed by atoms with Gasteiger partial charge in [-0.1, -0.05) is 0 Å². The molecule has 1 rings (SSSR count). The molecule has 0 amide bonds. The number of halogens is 2. The molecular weight excluding hydrogens is 276 g/mol. The van der Waals surface area contributed by atoms with Gasteiger partial charge < -0.3 is 0 Å². The molecule has 0 saturated heterocycles. The van der Waals surface area contributed by atoms with Crippen molar-refractivity contribution in [2.75, 3.05) is 0 Å².